The third-order valence-corrected chi connectivity index (χ3v) is 4.36. The molecule has 2 rings (SSSR count). The molecule has 0 saturated heterocycles. The molecule has 6 heteroatoms. The first-order valence-electron chi connectivity index (χ1n) is 9.68. The van der Waals surface area contributed by atoms with Crippen molar-refractivity contribution in [1.82, 2.24) is 5.32 Å². The van der Waals surface area contributed by atoms with Crippen molar-refractivity contribution in [2.75, 3.05) is 6.54 Å². The van der Waals surface area contributed by atoms with E-state index in [1.54, 1.807) is 20.8 Å². The standard InChI is InChI=1S/C22H31N3O3/c1-22(2,3)28-21(27)25-19(20(24)26)14-16-8-10-17-12-15(6-4-5-11-23)7-9-18(17)13-16/h7-10,12-13,19H,4-6,11,14,23H2,1-3H3,(H2,24,26)(H,25,27)/t19-/m0/s1. The Morgan fingerprint density at radius 3 is 2.21 bits per heavy atom. The van der Waals surface area contributed by atoms with Crippen molar-refractivity contribution in [2.24, 2.45) is 11.5 Å². The predicted molar refractivity (Wildman–Crippen MR) is 112 cm³/mol. The zero-order valence-corrected chi connectivity index (χ0v) is 17.0. The lowest BCUT2D eigenvalue weighted by Crippen LogP contribution is -2.47. The minimum absolute atomic E-state index is 0.308. The van der Waals surface area contributed by atoms with Gasteiger partial charge in [0.15, 0.2) is 0 Å². The number of fused-ring (bicyclic) bond motifs is 1. The zero-order chi connectivity index (χ0) is 20.7. The largest absolute Gasteiger partial charge is 0.444 e. The first kappa shape index (κ1) is 21.7. The number of carbonyl (C=O) groups excluding carboxylic acids is 2. The quantitative estimate of drug-likeness (QED) is 0.607. The number of aryl methyl sites for hydroxylation is 1. The van der Waals surface area contributed by atoms with E-state index in [1.807, 2.05) is 18.2 Å². The molecule has 152 valence electrons. The van der Waals surface area contributed by atoms with Crippen LogP contribution in [0.2, 0.25) is 0 Å². The number of ether oxygens (including phenoxy) is 1. The zero-order valence-electron chi connectivity index (χ0n) is 17.0. The van der Waals surface area contributed by atoms with E-state index in [0.717, 1.165) is 42.1 Å². The van der Waals surface area contributed by atoms with Gasteiger partial charge in [0.2, 0.25) is 5.91 Å². The molecular weight excluding hydrogens is 354 g/mol. The number of rotatable bonds is 8. The fourth-order valence-electron chi connectivity index (χ4n) is 3.01. The Kier molecular flexibility index (Phi) is 7.40. The van der Waals surface area contributed by atoms with Gasteiger partial charge in [-0.25, -0.2) is 4.79 Å². The molecule has 28 heavy (non-hydrogen) atoms. The Hall–Kier alpha value is -2.60. The van der Waals surface area contributed by atoms with E-state index >= 15 is 0 Å². The van der Waals surface area contributed by atoms with Crippen LogP contribution in [-0.4, -0.2) is 30.2 Å². The molecule has 5 N–H and O–H groups in total. The van der Waals surface area contributed by atoms with E-state index in [1.165, 1.54) is 5.56 Å². The molecule has 0 saturated carbocycles. The second-order valence-electron chi connectivity index (χ2n) is 8.07. The molecule has 0 heterocycles. The van der Waals surface area contributed by atoms with Gasteiger partial charge in [-0.1, -0.05) is 36.4 Å². The highest BCUT2D eigenvalue weighted by Gasteiger charge is 2.23. The highest BCUT2D eigenvalue weighted by atomic mass is 16.6. The Morgan fingerprint density at radius 2 is 1.64 bits per heavy atom. The number of carbonyl (C=O) groups is 2. The fourth-order valence-corrected chi connectivity index (χ4v) is 3.01. The maximum absolute atomic E-state index is 12.0. The molecule has 0 aromatic heterocycles. The number of nitrogens with two attached hydrogens (primary N) is 2. The number of hydrogen-bond donors (Lipinski definition) is 3. The topological polar surface area (TPSA) is 107 Å². The highest BCUT2D eigenvalue weighted by molar-refractivity contribution is 5.86. The third kappa shape index (κ3) is 6.85. The van der Waals surface area contributed by atoms with Crippen LogP contribution >= 0.6 is 0 Å². The van der Waals surface area contributed by atoms with Crippen molar-refractivity contribution >= 4 is 22.8 Å². The van der Waals surface area contributed by atoms with E-state index in [2.05, 4.69) is 23.5 Å². The van der Waals surface area contributed by atoms with E-state index in [4.69, 9.17) is 16.2 Å². The summed E-state index contributed by atoms with van der Waals surface area (Å²) in [5.41, 5.74) is 12.6. The van der Waals surface area contributed by atoms with Gasteiger partial charge in [-0.15, -0.1) is 0 Å². The molecule has 0 radical (unpaired) electrons. The first-order valence-corrected chi connectivity index (χ1v) is 9.68. The van der Waals surface area contributed by atoms with Crippen LogP contribution in [-0.2, 0) is 22.4 Å². The van der Waals surface area contributed by atoms with E-state index < -0.39 is 23.6 Å². The maximum atomic E-state index is 12.0. The molecule has 6 nitrogen and oxygen atoms in total. The molecule has 2 aromatic rings. The molecular formula is C22H31N3O3. The molecule has 1 atom stereocenters. The van der Waals surface area contributed by atoms with Crippen molar-refractivity contribution in [3.8, 4) is 0 Å². The minimum Gasteiger partial charge on any atom is -0.444 e. The van der Waals surface area contributed by atoms with Crippen LogP contribution in [0.25, 0.3) is 10.8 Å². The number of hydrogen-bond acceptors (Lipinski definition) is 4. The monoisotopic (exact) mass is 385 g/mol. The SMILES string of the molecule is CC(C)(C)OC(=O)N[C@@H](Cc1ccc2cc(CCCCN)ccc2c1)C(N)=O. The van der Waals surface area contributed by atoms with E-state index in [9.17, 15) is 9.59 Å². The summed E-state index contributed by atoms with van der Waals surface area (Å²) in [6.45, 7) is 6.01. The normalized spacial score (nSPS) is 12.6. The van der Waals surface area contributed by atoms with Crippen LogP contribution in [0.3, 0.4) is 0 Å². The van der Waals surface area contributed by atoms with Crippen molar-refractivity contribution in [3.05, 3.63) is 47.5 Å². The molecule has 0 unspecified atom stereocenters. The first-order chi connectivity index (χ1) is 13.2. The van der Waals surface area contributed by atoms with Crippen molar-refractivity contribution in [3.63, 3.8) is 0 Å². The van der Waals surface area contributed by atoms with Gasteiger partial charge in [-0.05, 0) is 68.5 Å². The lowest BCUT2D eigenvalue weighted by molar-refractivity contribution is -0.120. The number of benzene rings is 2. The van der Waals surface area contributed by atoms with E-state index in [0.29, 0.717) is 6.42 Å². The van der Waals surface area contributed by atoms with Gasteiger partial charge < -0.3 is 21.5 Å². The molecule has 0 spiro atoms. The fraction of sp³-hybridized carbons (Fsp3) is 0.455. The van der Waals surface area contributed by atoms with Gasteiger partial charge in [0.25, 0.3) is 0 Å². The Bertz CT molecular complexity index is 827. The van der Waals surface area contributed by atoms with Gasteiger partial charge in [0.05, 0.1) is 0 Å². The average molecular weight is 386 g/mol. The van der Waals surface area contributed by atoms with Crippen LogP contribution < -0.4 is 16.8 Å². The number of amides is 2. The summed E-state index contributed by atoms with van der Waals surface area (Å²) in [6, 6.07) is 11.6. The number of alkyl carbamates (subject to hydrolysis) is 1. The lowest BCUT2D eigenvalue weighted by Gasteiger charge is -2.22. The maximum Gasteiger partial charge on any atom is 0.408 e. The summed E-state index contributed by atoms with van der Waals surface area (Å²) in [7, 11) is 0. The molecule has 0 aliphatic heterocycles. The van der Waals surface area contributed by atoms with Gasteiger partial charge in [0.1, 0.15) is 11.6 Å². The molecule has 2 amide bonds. The molecule has 0 fully saturated rings. The molecule has 0 bridgehead atoms. The van der Waals surface area contributed by atoms with E-state index in [-0.39, 0.29) is 0 Å². The van der Waals surface area contributed by atoms with Gasteiger partial charge in [-0.2, -0.15) is 0 Å². The predicted octanol–water partition coefficient (Wildman–Crippen LogP) is 3.04. The minimum atomic E-state index is -0.831. The molecule has 0 aliphatic carbocycles. The van der Waals surface area contributed by atoms with Crippen LogP contribution in [0.15, 0.2) is 36.4 Å². The lowest BCUT2D eigenvalue weighted by atomic mass is 9.98. The summed E-state index contributed by atoms with van der Waals surface area (Å²) in [5, 5.41) is 4.79. The molecule has 0 aliphatic rings. The highest BCUT2D eigenvalue weighted by Crippen LogP contribution is 2.20. The van der Waals surface area contributed by atoms with Crippen molar-refractivity contribution in [1.29, 1.82) is 0 Å². The van der Waals surface area contributed by atoms with Gasteiger partial charge in [0, 0.05) is 6.42 Å². The Balaban J connectivity index is 2.09. The number of nitrogens with one attached hydrogen (secondary N) is 1. The van der Waals surface area contributed by atoms with Crippen molar-refractivity contribution < 1.29 is 14.3 Å². The summed E-state index contributed by atoms with van der Waals surface area (Å²) in [4.78, 5) is 23.8. The van der Waals surface area contributed by atoms with Crippen LogP contribution in [0.5, 0.6) is 0 Å². The van der Waals surface area contributed by atoms with Gasteiger partial charge >= 0.3 is 6.09 Å². The van der Waals surface area contributed by atoms with Crippen LogP contribution in [0.4, 0.5) is 4.79 Å². The second kappa shape index (κ2) is 9.55. The summed E-state index contributed by atoms with van der Waals surface area (Å²) in [5.74, 6) is -0.596. The number of primary amides is 1. The van der Waals surface area contributed by atoms with Gasteiger partial charge in [-0.3, -0.25) is 4.79 Å². The Labute approximate surface area is 166 Å². The Morgan fingerprint density at radius 1 is 1.04 bits per heavy atom. The summed E-state index contributed by atoms with van der Waals surface area (Å²) in [6.07, 6.45) is 2.77. The number of unbranched alkanes of at least 4 members (excludes halogenated alkanes) is 1. The summed E-state index contributed by atoms with van der Waals surface area (Å²) >= 11 is 0. The third-order valence-electron chi connectivity index (χ3n) is 4.36. The summed E-state index contributed by atoms with van der Waals surface area (Å²) < 4.78 is 5.21. The second-order valence-corrected chi connectivity index (χ2v) is 8.07. The van der Waals surface area contributed by atoms with Crippen LogP contribution in [0, 0.1) is 0 Å². The van der Waals surface area contributed by atoms with Crippen LogP contribution in [0.1, 0.15) is 44.7 Å². The molecule has 2 aromatic carbocycles. The average Bonchev–Trinajstić information content (AvgIpc) is 2.59. The van der Waals surface area contributed by atoms with Crippen molar-refractivity contribution in [2.45, 2.75) is 58.1 Å². The smallest absolute Gasteiger partial charge is 0.408 e.